The van der Waals surface area contributed by atoms with E-state index in [9.17, 15) is 9.59 Å². The van der Waals surface area contributed by atoms with E-state index in [0.717, 1.165) is 11.3 Å². The normalized spacial score (nSPS) is 10.4. The number of hydrogen-bond acceptors (Lipinski definition) is 2. The summed E-state index contributed by atoms with van der Waals surface area (Å²) in [5.41, 5.74) is 1.58. The molecule has 1 aromatic carbocycles. The standard InChI is InChI=1S/C12H12N2O2/c1-8-4-3-5-10(6-8)14-7-9(2)11(15)13-12(14)16/h3-7H,1-2H3,(H,13,15,16). The van der Waals surface area contributed by atoms with Gasteiger partial charge in [0, 0.05) is 11.8 Å². The van der Waals surface area contributed by atoms with Crippen LogP contribution >= 0.6 is 0 Å². The summed E-state index contributed by atoms with van der Waals surface area (Å²) in [5, 5.41) is 0. The molecule has 4 heteroatoms. The third kappa shape index (κ3) is 1.82. The predicted octanol–water partition coefficient (Wildman–Crippen LogP) is 1.14. The number of aromatic amines is 1. The molecule has 0 bridgehead atoms. The molecule has 0 saturated heterocycles. The molecule has 1 N–H and O–H groups in total. The van der Waals surface area contributed by atoms with Gasteiger partial charge >= 0.3 is 5.69 Å². The highest BCUT2D eigenvalue weighted by atomic mass is 16.2. The Morgan fingerprint density at radius 3 is 2.62 bits per heavy atom. The third-order valence-electron chi connectivity index (χ3n) is 2.40. The monoisotopic (exact) mass is 216 g/mol. The highest BCUT2D eigenvalue weighted by molar-refractivity contribution is 5.35. The van der Waals surface area contributed by atoms with E-state index in [4.69, 9.17) is 0 Å². The molecule has 0 amide bonds. The Bertz CT molecular complexity index is 638. The van der Waals surface area contributed by atoms with Crippen molar-refractivity contribution in [1.82, 2.24) is 9.55 Å². The highest BCUT2D eigenvalue weighted by Crippen LogP contribution is 2.07. The number of aryl methyl sites for hydroxylation is 2. The predicted molar refractivity (Wildman–Crippen MR) is 62.1 cm³/mol. The smallest absolute Gasteiger partial charge is 0.273 e. The fourth-order valence-electron chi connectivity index (χ4n) is 1.54. The van der Waals surface area contributed by atoms with Gasteiger partial charge in [0.05, 0.1) is 5.69 Å². The van der Waals surface area contributed by atoms with Crippen LogP contribution < -0.4 is 11.2 Å². The van der Waals surface area contributed by atoms with Gasteiger partial charge in [-0.15, -0.1) is 0 Å². The lowest BCUT2D eigenvalue weighted by atomic mass is 10.2. The van der Waals surface area contributed by atoms with E-state index in [1.165, 1.54) is 4.57 Å². The summed E-state index contributed by atoms with van der Waals surface area (Å²) in [4.78, 5) is 25.1. The number of nitrogens with one attached hydrogen (secondary N) is 1. The van der Waals surface area contributed by atoms with Gasteiger partial charge in [0.25, 0.3) is 5.56 Å². The first kappa shape index (κ1) is 10.4. The summed E-state index contributed by atoms with van der Waals surface area (Å²) in [7, 11) is 0. The van der Waals surface area contributed by atoms with Gasteiger partial charge in [-0.3, -0.25) is 14.3 Å². The second-order valence-corrected chi connectivity index (χ2v) is 3.78. The van der Waals surface area contributed by atoms with Crippen LogP contribution in [-0.2, 0) is 0 Å². The quantitative estimate of drug-likeness (QED) is 0.777. The van der Waals surface area contributed by atoms with Crippen molar-refractivity contribution in [2.45, 2.75) is 13.8 Å². The van der Waals surface area contributed by atoms with E-state index in [-0.39, 0.29) is 5.56 Å². The van der Waals surface area contributed by atoms with Crippen LogP contribution in [0.3, 0.4) is 0 Å². The lowest BCUT2D eigenvalue weighted by molar-refractivity contribution is 0.879. The minimum atomic E-state index is -0.416. The number of H-pyrrole nitrogens is 1. The maximum absolute atomic E-state index is 11.6. The Labute approximate surface area is 92.2 Å². The minimum absolute atomic E-state index is 0.339. The van der Waals surface area contributed by atoms with Crippen LogP contribution in [-0.4, -0.2) is 9.55 Å². The average Bonchev–Trinajstić information content (AvgIpc) is 2.23. The maximum Gasteiger partial charge on any atom is 0.332 e. The van der Waals surface area contributed by atoms with Crippen molar-refractivity contribution in [2.75, 3.05) is 0 Å². The van der Waals surface area contributed by atoms with Crippen LogP contribution in [0, 0.1) is 13.8 Å². The van der Waals surface area contributed by atoms with Crippen LogP contribution in [0.25, 0.3) is 5.69 Å². The molecular weight excluding hydrogens is 204 g/mol. The number of rotatable bonds is 1. The molecule has 0 unspecified atom stereocenters. The molecule has 0 aliphatic rings. The Morgan fingerprint density at radius 2 is 1.94 bits per heavy atom. The first-order chi connectivity index (χ1) is 7.58. The van der Waals surface area contributed by atoms with Gasteiger partial charge in [0.1, 0.15) is 0 Å². The van der Waals surface area contributed by atoms with Gasteiger partial charge in [-0.1, -0.05) is 12.1 Å². The molecular formula is C12H12N2O2. The Kier molecular flexibility index (Phi) is 2.48. The first-order valence-corrected chi connectivity index (χ1v) is 4.97. The Balaban J connectivity index is 2.70. The summed E-state index contributed by atoms with van der Waals surface area (Å²) < 4.78 is 1.43. The summed E-state index contributed by atoms with van der Waals surface area (Å²) in [6, 6.07) is 7.54. The SMILES string of the molecule is Cc1cccc(-n2cc(C)c(=O)[nH]c2=O)c1. The van der Waals surface area contributed by atoms with Crippen molar-refractivity contribution < 1.29 is 0 Å². The van der Waals surface area contributed by atoms with Crippen LogP contribution in [0.5, 0.6) is 0 Å². The Morgan fingerprint density at radius 1 is 1.19 bits per heavy atom. The zero-order chi connectivity index (χ0) is 11.7. The van der Waals surface area contributed by atoms with Gasteiger partial charge < -0.3 is 0 Å². The molecule has 0 radical (unpaired) electrons. The number of nitrogens with zero attached hydrogens (tertiary/aromatic N) is 1. The summed E-state index contributed by atoms with van der Waals surface area (Å²) in [6.45, 7) is 3.62. The van der Waals surface area contributed by atoms with Gasteiger partial charge in [0.2, 0.25) is 0 Å². The molecule has 4 nitrogen and oxygen atoms in total. The molecule has 0 fully saturated rings. The summed E-state index contributed by atoms with van der Waals surface area (Å²) in [5.74, 6) is 0. The zero-order valence-electron chi connectivity index (χ0n) is 9.15. The fourth-order valence-corrected chi connectivity index (χ4v) is 1.54. The van der Waals surface area contributed by atoms with Gasteiger partial charge in [-0.25, -0.2) is 4.79 Å². The fraction of sp³-hybridized carbons (Fsp3) is 0.167. The molecule has 2 aromatic rings. The second kappa shape index (κ2) is 3.81. The van der Waals surface area contributed by atoms with Crippen molar-refractivity contribution in [3.8, 4) is 5.69 Å². The molecule has 0 aliphatic carbocycles. The highest BCUT2D eigenvalue weighted by Gasteiger charge is 2.02. The molecule has 0 saturated carbocycles. The molecule has 0 atom stereocenters. The molecule has 2 rings (SSSR count). The maximum atomic E-state index is 11.6. The topological polar surface area (TPSA) is 54.9 Å². The summed E-state index contributed by atoms with van der Waals surface area (Å²) >= 11 is 0. The Hall–Kier alpha value is -2.10. The van der Waals surface area contributed by atoms with E-state index in [2.05, 4.69) is 4.98 Å². The number of aromatic nitrogens is 2. The van der Waals surface area contributed by atoms with Gasteiger partial charge in [0.15, 0.2) is 0 Å². The van der Waals surface area contributed by atoms with Gasteiger partial charge in [-0.2, -0.15) is 0 Å². The summed E-state index contributed by atoms with van der Waals surface area (Å²) in [6.07, 6.45) is 1.55. The van der Waals surface area contributed by atoms with E-state index in [0.29, 0.717) is 5.56 Å². The molecule has 0 aliphatic heterocycles. The second-order valence-electron chi connectivity index (χ2n) is 3.78. The number of benzene rings is 1. The van der Waals surface area contributed by atoms with E-state index in [1.54, 1.807) is 13.1 Å². The van der Waals surface area contributed by atoms with Crippen molar-refractivity contribution in [3.63, 3.8) is 0 Å². The van der Waals surface area contributed by atoms with Crippen molar-refractivity contribution in [1.29, 1.82) is 0 Å². The van der Waals surface area contributed by atoms with Crippen molar-refractivity contribution in [3.05, 3.63) is 62.4 Å². The lowest BCUT2D eigenvalue weighted by Gasteiger charge is -2.06. The van der Waals surface area contributed by atoms with Gasteiger partial charge in [-0.05, 0) is 31.5 Å². The van der Waals surface area contributed by atoms with Crippen molar-refractivity contribution >= 4 is 0 Å². The molecule has 0 spiro atoms. The lowest BCUT2D eigenvalue weighted by Crippen LogP contribution is -2.29. The van der Waals surface area contributed by atoms with E-state index >= 15 is 0 Å². The minimum Gasteiger partial charge on any atom is -0.273 e. The molecule has 16 heavy (non-hydrogen) atoms. The molecule has 82 valence electrons. The van der Waals surface area contributed by atoms with Crippen LogP contribution in [0.15, 0.2) is 40.1 Å². The zero-order valence-corrected chi connectivity index (χ0v) is 9.15. The molecule has 1 aromatic heterocycles. The van der Waals surface area contributed by atoms with E-state index < -0.39 is 5.69 Å². The van der Waals surface area contributed by atoms with Crippen molar-refractivity contribution in [2.24, 2.45) is 0 Å². The molecule has 1 heterocycles. The number of hydrogen-bond donors (Lipinski definition) is 1. The van der Waals surface area contributed by atoms with Crippen LogP contribution in [0.1, 0.15) is 11.1 Å². The average molecular weight is 216 g/mol. The third-order valence-corrected chi connectivity index (χ3v) is 2.40. The first-order valence-electron chi connectivity index (χ1n) is 4.97. The largest absolute Gasteiger partial charge is 0.332 e. The van der Waals surface area contributed by atoms with Crippen LogP contribution in [0.4, 0.5) is 0 Å². The van der Waals surface area contributed by atoms with Crippen LogP contribution in [0.2, 0.25) is 0 Å². The van der Waals surface area contributed by atoms with E-state index in [1.807, 2.05) is 31.2 Å².